The molecule has 0 fully saturated rings. The van der Waals surface area contributed by atoms with Crippen LogP contribution >= 0.6 is 0 Å². The molecule has 3 heteroatoms. The van der Waals surface area contributed by atoms with Crippen molar-refractivity contribution in [2.75, 3.05) is 13.1 Å². The third-order valence-corrected chi connectivity index (χ3v) is 3.83. The van der Waals surface area contributed by atoms with E-state index in [1.807, 2.05) is 0 Å². The zero-order valence-electron chi connectivity index (χ0n) is 11.5. The normalized spacial score (nSPS) is 30.1. The highest BCUT2D eigenvalue weighted by atomic mass is 15.4. The molecular formula is C13H26N3+. The van der Waals surface area contributed by atoms with Gasteiger partial charge in [-0.05, 0) is 10.8 Å². The van der Waals surface area contributed by atoms with Crippen LogP contribution in [0.4, 0.5) is 0 Å². The molecule has 2 rings (SSSR count). The van der Waals surface area contributed by atoms with Crippen LogP contribution in [0.5, 0.6) is 0 Å². The van der Waals surface area contributed by atoms with Gasteiger partial charge in [0.25, 0.3) is 0 Å². The minimum absolute atomic E-state index is 0.330. The second kappa shape index (κ2) is 3.38. The van der Waals surface area contributed by atoms with Crippen molar-refractivity contribution in [2.24, 2.45) is 10.8 Å². The maximum absolute atomic E-state index is 3.63. The van der Waals surface area contributed by atoms with Crippen LogP contribution in [0.25, 0.3) is 0 Å². The van der Waals surface area contributed by atoms with Gasteiger partial charge in [0.15, 0.2) is 0 Å². The molecule has 0 aromatic rings. The third-order valence-electron chi connectivity index (χ3n) is 3.83. The predicted octanol–water partition coefficient (Wildman–Crippen LogP) is 1.39. The average Bonchev–Trinajstić information content (AvgIpc) is 2.53. The lowest BCUT2D eigenvalue weighted by molar-refractivity contribution is -0.518. The molecule has 0 radical (unpaired) electrons. The molecule has 3 nitrogen and oxygen atoms in total. The summed E-state index contributed by atoms with van der Waals surface area (Å²) in [5, 5.41) is 7.25. The summed E-state index contributed by atoms with van der Waals surface area (Å²) < 4.78 is 2.46. The van der Waals surface area contributed by atoms with Gasteiger partial charge < -0.3 is 0 Å². The Morgan fingerprint density at radius 1 is 0.875 bits per heavy atom. The number of rotatable bonds is 0. The first-order valence-electron chi connectivity index (χ1n) is 6.33. The van der Waals surface area contributed by atoms with Gasteiger partial charge in [0.1, 0.15) is 25.2 Å². The van der Waals surface area contributed by atoms with E-state index >= 15 is 0 Å². The standard InChI is InChI=1S/C13H25N3/c1-12(2,3)9-7-16-8-10(13(4,5)6)15-11(16)14-9/h9-10H,7-8H2,1-6H3,(H,14,15)/p+1/t9-,10-/m0/s1. The molecule has 0 spiro atoms. The molecule has 2 aliphatic heterocycles. The second-order valence-corrected chi connectivity index (χ2v) is 7.38. The van der Waals surface area contributed by atoms with Gasteiger partial charge in [-0.15, -0.1) is 0 Å². The van der Waals surface area contributed by atoms with Gasteiger partial charge in [-0.2, -0.15) is 0 Å². The van der Waals surface area contributed by atoms with Gasteiger partial charge in [-0.1, -0.05) is 41.5 Å². The molecule has 0 amide bonds. The molecule has 2 aliphatic rings. The lowest BCUT2D eigenvalue weighted by Gasteiger charge is -2.28. The van der Waals surface area contributed by atoms with Crippen LogP contribution in [-0.2, 0) is 0 Å². The summed E-state index contributed by atoms with van der Waals surface area (Å²) in [7, 11) is 0. The predicted molar refractivity (Wildman–Crippen MR) is 67.8 cm³/mol. The Morgan fingerprint density at radius 2 is 1.25 bits per heavy atom. The van der Waals surface area contributed by atoms with Crippen LogP contribution in [-0.4, -0.2) is 35.7 Å². The number of hydrogen-bond donors (Lipinski definition) is 2. The maximum Gasteiger partial charge on any atom is 0.346 e. The molecule has 92 valence electrons. The summed E-state index contributed by atoms with van der Waals surface area (Å²) in [4.78, 5) is 0. The number of hydrogen-bond acceptors (Lipinski definition) is 2. The van der Waals surface area contributed by atoms with Crippen molar-refractivity contribution in [3.63, 3.8) is 0 Å². The van der Waals surface area contributed by atoms with Crippen molar-refractivity contribution in [1.29, 1.82) is 0 Å². The van der Waals surface area contributed by atoms with E-state index in [1.165, 1.54) is 5.96 Å². The first-order valence-corrected chi connectivity index (χ1v) is 6.33. The molecule has 0 aromatic carbocycles. The highest BCUT2D eigenvalue weighted by Gasteiger charge is 2.45. The van der Waals surface area contributed by atoms with Gasteiger partial charge in [-0.3, -0.25) is 15.2 Å². The summed E-state index contributed by atoms with van der Waals surface area (Å²) in [5.74, 6) is 1.25. The van der Waals surface area contributed by atoms with E-state index in [2.05, 4.69) is 56.8 Å². The Morgan fingerprint density at radius 3 is 1.50 bits per heavy atom. The summed E-state index contributed by atoms with van der Waals surface area (Å²) in [6.07, 6.45) is 0. The van der Waals surface area contributed by atoms with Crippen molar-refractivity contribution in [1.82, 2.24) is 10.6 Å². The Labute approximate surface area is 99.3 Å². The lowest BCUT2D eigenvalue weighted by Crippen LogP contribution is -2.50. The fourth-order valence-corrected chi connectivity index (χ4v) is 2.32. The zero-order chi connectivity index (χ0) is 12.1. The summed E-state index contributed by atoms with van der Waals surface area (Å²) in [6, 6.07) is 1.13. The molecule has 0 saturated heterocycles. The molecular weight excluding hydrogens is 198 g/mol. The van der Waals surface area contributed by atoms with Crippen LogP contribution in [0.15, 0.2) is 0 Å². The smallest absolute Gasteiger partial charge is 0.271 e. The number of nitrogens with zero attached hydrogens (tertiary/aromatic N) is 1. The van der Waals surface area contributed by atoms with Crippen molar-refractivity contribution in [2.45, 2.75) is 53.6 Å². The fourth-order valence-electron chi connectivity index (χ4n) is 2.32. The van der Waals surface area contributed by atoms with Gasteiger partial charge in [0.2, 0.25) is 0 Å². The molecule has 0 aliphatic carbocycles. The Hall–Kier alpha value is -0.730. The van der Waals surface area contributed by atoms with E-state index < -0.39 is 0 Å². The average molecular weight is 224 g/mol. The first kappa shape index (κ1) is 11.7. The van der Waals surface area contributed by atoms with Crippen LogP contribution < -0.4 is 10.6 Å². The van der Waals surface area contributed by atoms with Crippen LogP contribution in [0, 0.1) is 10.8 Å². The van der Waals surface area contributed by atoms with Crippen LogP contribution in [0.3, 0.4) is 0 Å². The molecule has 2 atom stereocenters. The van der Waals surface area contributed by atoms with E-state index in [4.69, 9.17) is 0 Å². The van der Waals surface area contributed by atoms with Gasteiger partial charge in [-0.25, -0.2) is 0 Å². The largest absolute Gasteiger partial charge is 0.346 e. The molecule has 0 aromatic heterocycles. The van der Waals surface area contributed by atoms with Crippen molar-refractivity contribution in [3.8, 4) is 0 Å². The van der Waals surface area contributed by atoms with Gasteiger partial charge in [0, 0.05) is 0 Å². The van der Waals surface area contributed by atoms with Gasteiger partial charge >= 0.3 is 5.96 Å². The van der Waals surface area contributed by atoms with Crippen LogP contribution in [0.2, 0.25) is 0 Å². The summed E-state index contributed by atoms with van der Waals surface area (Å²) >= 11 is 0. The SMILES string of the molecule is CC(C)(C)[C@@H]1C[N+]2=C(N1)N[C@H](C(C)(C)C)C2. The number of nitrogens with one attached hydrogen (secondary N) is 2. The maximum atomic E-state index is 3.63. The molecule has 2 N–H and O–H groups in total. The molecule has 0 unspecified atom stereocenters. The highest BCUT2D eigenvalue weighted by molar-refractivity contribution is 5.78. The Kier molecular flexibility index (Phi) is 2.48. The number of guanidine groups is 1. The highest BCUT2D eigenvalue weighted by Crippen LogP contribution is 2.26. The van der Waals surface area contributed by atoms with Crippen molar-refractivity contribution >= 4 is 5.96 Å². The molecule has 16 heavy (non-hydrogen) atoms. The van der Waals surface area contributed by atoms with E-state index in [9.17, 15) is 0 Å². The van der Waals surface area contributed by atoms with E-state index in [0.717, 1.165) is 13.1 Å². The zero-order valence-corrected chi connectivity index (χ0v) is 11.5. The summed E-state index contributed by atoms with van der Waals surface area (Å²) in [5.41, 5.74) is 0.659. The Balaban J connectivity index is 1.99. The van der Waals surface area contributed by atoms with Crippen molar-refractivity contribution in [3.05, 3.63) is 0 Å². The lowest BCUT2D eigenvalue weighted by atomic mass is 9.85. The van der Waals surface area contributed by atoms with E-state index in [1.54, 1.807) is 0 Å². The van der Waals surface area contributed by atoms with Crippen LogP contribution in [0.1, 0.15) is 41.5 Å². The Bertz CT molecular complexity index is 269. The molecule has 2 heterocycles. The minimum atomic E-state index is 0.330. The van der Waals surface area contributed by atoms with E-state index in [0.29, 0.717) is 22.9 Å². The van der Waals surface area contributed by atoms with Gasteiger partial charge in [0.05, 0.1) is 0 Å². The summed E-state index contributed by atoms with van der Waals surface area (Å²) in [6.45, 7) is 16.1. The monoisotopic (exact) mass is 224 g/mol. The van der Waals surface area contributed by atoms with E-state index in [-0.39, 0.29) is 0 Å². The topological polar surface area (TPSA) is 27.1 Å². The second-order valence-electron chi connectivity index (χ2n) is 7.38. The quantitative estimate of drug-likeness (QED) is 0.608. The fraction of sp³-hybridized carbons (Fsp3) is 0.923. The molecule has 0 bridgehead atoms. The third kappa shape index (κ3) is 2.04. The first-order chi connectivity index (χ1) is 7.18. The van der Waals surface area contributed by atoms with Crippen molar-refractivity contribution < 1.29 is 4.58 Å². The minimum Gasteiger partial charge on any atom is -0.271 e. The molecule has 0 saturated carbocycles.